The first kappa shape index (κ1) is 15.0. The maximum absolute atomic E-state index is 11.9. The first-order chi connectivity index (χ1) is 11.1. The zero-order valence-electron chi connectivity index (χ0n) is 11.9. The molecule has 2 aromatic heterocycles. The van der Waals surface area contributed by atoms with E-state index in [1.165, 1.54) is 0 Å². The molecule has 3 N–H and O–H groups in total. The Kier molecular flexibility index (Phi) is 4.24. The van der Waals surface area contributed by atoms with Gasteiger partial charge in [0.05, 0.1) is 0 Å². The van der Waals surface area contributed by atoms with Gasteiger partial charge in [-0.3, -0.25) is 4.79 Å². The maximum atomic E-state index is 11.9. The number of carbonyl (C=O) groups is 1. The number of nitrogens with zero attached hydrogens (tertiary/aromatic N) is 3. The van der Waals surface area contributed by atoms with Crippen molar-refractivity contribution in [3.05, 3.63) is 57.5 Å². The van der Waals surface area contributed by atoms with Crippen LogP contribution >= 0.6 is 11.6 Å². The lowest BCUT2D eigenvalue weighted by Crippen LogP contribution is -2.29. The van der Waals surface area contributed by atoms with Crippen LogP contribution in [-0.4, -0.2) is 38.8 Å². The minimum Gasteiger partial charge on any atom is -0.367 e. The van der Waals surface area contributed by atoms with Crippen molar-refractivity contribution in [1.29, 1.82) is 0 Å². The zero-order valence-corrected chi connectivity index (χ0v) is 12.7. The third kappa shape index (κ3) is 3.49. The van der Waals surface area contributed by atoms with Crippen LogP contribution in [0.1, 0.15) is 10.4 Å². The van der Waals surface area contributed by atoms with Crippen LogP contribution in [0.5, 0.6) is 0 Å². The van der Waals surface area contributed by atoms with Gasteiger partial charge < -0.3 is 10.6 Å². The van der Waals surface area contributed by atoms with Crippen molar-refractivity contribution in [1.82, 2.24) is 25.1 Å². The number of aromatic amines is 1. The molecule has 2 heterocycles. The SMILES string of the molecule is O=C(NCCNc1ccc2n[nH]c(=O)n2n1)c1ccc(Cl)cc1. The summed E-state index contributed by atoms with van der Waals surface area (Å²) in [5.41, 5.74) is 0.579. The van der Waals surface area contributed by atoms with E-state index in [1.54, 1.807) is 36.4 Å². The largest absolute Gasteiger partial charge is 0.367 e. The molecular weight excluding hydrogens is 320 g/mol. The number of fused-ring (bicyclic) bond motifs is 1. The van der Waals surface area contributed by atoms with Crippen LogP contribution in [0.2, 0.25) is 5.02 Å². The molecule has 0 fully saturated rings. The Labute approximate surface area is 135 Å². The van der Waals surface area contributed by atoms with Crippen molar-refractivity contribution in [2.75, 3.05) is 18.4 Å². The molecule has 0 radical (unpaired) electrons. The van der Waals surface area contributed by atoms with Gasteiger partial charge in [0, 0.05) is 23.7 Å². The van der Waals surface area contributed by atoms with Gasteiger partial charge in [-0.25, -0.2) is 9.89 Å². The summed E-state index contributed by atoms with van der Waals surface area (Å²) in [7, 11) is 0. The molecule has 0 aliphatic rings. The highest BCUT2D eigenvalue weighted by Gasteiger charge is 2.05. The van der Waals surface area contributed by atoms with Gasteiger partial charge in [0.1, 0.15) is 5.82 Å². The number of hydrogen-bond acceptors (Lipinski definition) is 5. The molecule has 118 valence electrons. The van der Waals surface area contributed by atoms with Crippen LogP contribution in [0.3, 0.4) is 0 Å². The molecule has 1 aromatic carbocycles. The Morgan fingerprint density at radius 2 is 1.96 bits per heavy atom. The summed E-state index contributed by atoms with van der Waals surface area (Å²) in [6.45, 7) is 0.867. The van der Waals surface area contributed by atoms with Crippen LogP contribution in [0.25, 0.3) is 5.65 Å². The average molecular weight is 333 g/mol. The Bertz CT molecular complexity index is 886. The van der Waals surface area contributed by atoms with Gasteiger partial charge in [0.2, 0.25) is 0 Å². The van der Waals surface area contributed by atoms with Crippen LogP contribution in [0.4, 0.5) is 5.82 Å². The van der Waals surface area contributed by atoms with Gasteiger partial charge in [-0.1, -0.05) is 11.6 Å². The second kappa shape index (κ2) is 6.49. The Hall–Kier alpha value is -2.87. The molecule has 0 spiro atoms. The second-order valence-electron chi connectivity index (χ2n) is 4.71. The van der Waals surface area contributed by atoms with E-state index in [9.17, 15) is 9.59 Å². The van der Waals surface area contributed by atoms with E-state index in [2.05, 4.69) is 25.9 Å². The van der Waals surface area contributed by atoms with Crippen molar-refractivity contribution in [3.63, 3.8) is 0 Å². The Morgan fingerprint density at radius 3 is 2.74 bits per heavy atom. The first-order valence-electron chi connectivity index (χ1n) is 6.85. The van der Waals surface area contributed by atoms with Gasteiger partial charge in [0.25, 0.3) is 5.91 Å². The molecule has 0 aliphatic heterocycles. The predicted octanol–water partition coefficient (Wildman–Crippen LogP) is 0.913. The van der Waals surface area contributed by atoms with Crippen molar-refractivity contribution in [3.8, 4) is 0 Å². The van der Waals surface area contributed by atoms with E-state index in [4.69, 9.17) is 11.6 Å². The standard InChI is InChI=1S/C14H13ClN6O2/c15-10-3-1-9(2-4-10)13(22)17-8-7-16-11-5-6-12-18-19-14(23)21(12)20-11/h1-6H,7-8H2,(H,16,20)(H,17,22)(H,19,23). The smallest absolute Gasteiger partial charge is 0.364 e. The fourth-order valence-electron chi connectivity index (χ4n) is 1.97. The molecular formula is C14H13ClN6O2. The van der Waals surface area contributed by atoms with Crippen LogP contribution in [0.15, 0.2) is 41.2 Å². The molecule has 0 saturated carbocycles. The van der Waals surface area contributed by atoms with E-state index in [-0.39, 0.29) is 5.91 Å². The van der Waals surface area contributed by atoms with Crippen LogP contribution < -0.4 is 16.3 Å². The van der Waals surface area contributed by atoms with E-state index >= 15 is 0 Å². The molecule has 0 unspecified atom stereocenters. The third-order valence-corrected chi connectivity index (χ3v) is 3.35. The topological polar surface area (TPSA) is 104 Å². The number of anilines is 1. The minimum absolute atomic E-state index is 0.182. The fourth-order valence-corrected chi connectivity index (χ4v) is 2.09. The van der Waals surface area contributed by atoms with Gasteiger partial charge in [-0.2, -0.15) is 9.61 Å². The summed E-state index contributed by atoms with van der Waals surface area (Å²) in [6.07, 6.45) is 0. The molecule has 0 saturated heterocycles. The third-order valence-electron chi connectivity index (χ3n) is 3.10. The number of hydrogen-bond donors (Lipinski definition) is 3. The fraction of sp³-hybridized carbons (Fsp3) is 0.143. The lowest BCUT2D eigenvalue weighted by molar-refractivity contribution is 0.0955. The highest BCUT2D eigenvalue weighted by atomic mass is 35.5. The molecule has 0 atom stereocenters. The van der Waals surface area contributed by atoms with Crippen LogP contribution in [-0.2, 0) is 0 Å². The van der Waals surface area contributed by atoms with Crippen molar-refractivity contribution in [2.24, 2.45) is 0 Å². The molecule has 3 rings (SSSR count). The van der Waals surface area contributed by atoms with Gasteiger partial charge >= 0.3 is 5.69 Å². The first-order valence-corrected chi connectivity index (χ1v) is 7.23. The number of rotatable bonds is 5. The maximum Gasteiger partial charge on any atom is 0.364 e. The highest BCUT2D eigenvalue weighted by molar-refractivity contribution is 6.30. The van der Waals surface area contributed by atoms with E-state index in [0.29, 0.717) is 35.1 Å². The number of halogens is 1. The molecule has 0 aliphatic carbocycles. The van der Waals surface area contributed by atoms with Crippen LogP contribution in [0, 0.1) is 0 Å². The normalized spacial score (nSPS) is 10.7. The Morgan fingerprint density at radius 1 is 1.17 bits per heavy atom. The van der Waals surface area contributed by atoms with E-state index < -0.39 is 5.69 Å². The lowest BCUT2D eigenvalue weighted by Gasteiger charge is -2.07. The van der Waals surface area contributed by atoms with E-state index in [1.807, 2.05) is 0 Å². The highest BCUT2D eigenvalue weighted by Crippen LogP contribution is 2.09. The van der Waals surface area contributed by atoms with E-state index in [0.717, 1.165) is 4.52 Å². The molecule has 0 bridgehead atoms. The molecule has 1 amide bonds. The Balaban J connectivity index is 1.52. The minimum atomic E-state index is -0.403. The summed E-state index contributed by atoms with van der Waals surface area (Å²) in [5, 5.41) is 16.6. The molecule has 9 heteroatoms. The average Bonchev–Trinajstić information content (AvgIpc) is 2.93. The quantitative estimate of drug-likeness (QED) is 0.602. The summed E-state index contributed by atoms with van der Waals surface area (Å²) < 4.78 is 1.16. The van der Waals surface area contributed by atoms with Gasteiger partial charge in [-0.15, -0.1) is 5.10 Å². The predicted molar refractivity (Wildman–Crippen MR) is 85.9 cm³/mol. The summed E-state index contributed by atoms with van der Waals surface area (Å²) in [6, 6.07) is 10.0. The van der Waals surface area contributed by atoms with Gasteiger partial charge in [0.15, 0.2) is 5.65 Å². The number of H-pyrrole nitrogens is 1. The van der Waals surface area contributed by atoms with Crippen molar-refractivity contribution >= 4 is 29.0 Å². The second-order valence-corrected chi connectivity index (χ2v) is 5.14. The van der Waals surface area contributed by atoms with Crippen molar-refractivity contribution < 1.29 is 4.79 Å². The molecule has 8 nitrogen and oxygen atoms in total. The van der Waals surface area contributed by atoms with Gasteiger partial charge in [-0.05, 0) is 36.4 Å². The number of nitrogens with one attached hydrogen (secondary N) is 3. The summed E-state index contributed by atoms with van der Waals surface area (Å²) in [5.74, 6) is 0.333. The molecule has 3 aromatic rings. The zero-order chi connectivity index (χ0) is 16.2. The number of benzene rings is 1. The lowest BCUT2D eigenvalue weighted by atomic mass is 10.2. The summed E-state index contributed by atoms with van der Waals surface area (Å²) in [4.78, 5) is 23.3. The van der Waals surface area contributed by atoms with Crippen molar-refractivity contribution in [2.45, 2.75) is 0 Å². The number of aromatic nitrogens is 4. The number of amides is 1. The molecule has 23 heavy (non-hydrogen) atoms. The monoisotopic (exact) mass is 332 g/mol. The number of carbonyl (C=O) groups excluding carboxylic acids is 1. The summed E-state index contributed by atoms with van der Waals surface area (Å²) >= 11 is 5.78.